The molecule has 10 nitrogen and oxygen atoms in total. The average molecular weight is 583 g/mol. The Hall–Kier alpha value is -4.87. The van der Waals surface area contributed by atoms with Gasteiger partial charge in [0.2, 0.25) is 18.1 Å². The van der Waals surface area contributed by atoms with Crippen molar-refractivity contribution in [1.82, 2.24) is 25.3 Å². The second kappa shape index (κ2) is 12.6. The molecule has 0 saturated carbocycles. The van der Waals surface area contributed by atoms with E-state index in [1.807, 2.05) is 49.4 Å². The van der Waals surface area contributed by atoms with Crippen LogP contribution in [0.15, 0.2) is 89.7 Å². The summed E-state index contributed by atoms with van der Waals surface area (Å²) in [6.07, 6.45) is 2.80. The number of furan rings is 1. The molecule has 1 amide bonds. The molecule has 1 aliphatic rings. The lowest BCUT2D eigenvalue weighted by Crippen LogP contribution is -2.45. The van der Waals surface area contributed by atoms with E-state index in [1.165, 1.54) is 12.1 Å². The summed E-state index contributed by atoms with van der Waals surface area (Å²) in [5, 5.41) is 6.16. The SMILES string of the molecule is CC1(CNC(=O)Cc2ccccc2)COC(c2nc(-c3ccc(F)cc3)c(-c3ccnc(NCc4ccco4)n3)[nH]2)OC1. The summed E-state index contributed by atoms with van der Waals surface area (Å²) >= 11 is 0. The van der Waals surface area contributed by atoms with Gasteiger partial charge in [-0.2, -0.15) is 0 Å². The number of nitrogens with one attached hydrogen (secondary N) is 3. The minimum Gasteiger partial charge on any atom is -0.467 e. The fraction of sp³-hybridized carbons (Fsp3) is 0.250. The molecule has 6 rings (SSSR count). The van der Waals surface area contributed by atoms with Gasteiger partial charge < -0.3 is 29.5 Å². The molecule has 3 aromatic heterocycles. The molecule has 1 saturated heterocycles. The van der Waals surface area contributed by atoms with Crippen LogP contribution in [0.4, 0.5) is 10.3 Å². The minimum atomic E-state index is -0.764. The van der Waals surface area contributed by atoms with E-state index in [0.717, 1.165) is 11.3 Å². The van der Waals surface area contributed by atoms with E-state index >= 15 is 0 Å². The molecule has 0 aliphatic carbocycles. The zero-order valence-electron chi connectivity index (χ0n) is 23.5. The van der Waals surface area contributed by atoms with Gasteiger partial charge in [-0.3, -0.25) is 4.79 Å². The predicted octanol–water partition coefficient (Wildman–Crippen LogP) is 5.29. The zero-order valence-corrected chi connectivity index (χ0v) is 23.5. The first-order chi connectivity index (χ1) is 20.9. The Morgan fingerprint density at radius 1 is 1.02 bits per heavy atom. The molecule has 220 valence electrons. The molecule has 5 aromatic rings. The van der Waals surface area contributed by atoms with Crippen LogP contribution < -0.4 is 10.6 Å². The maximum atomic E-state index is 13.7. The lowest BCUT2D eigenvalue weighted by atomic mass is 9.92. The third kappa shape index (κ3) is 6.96. The van der Waals surface area contributed by atoms with E-state index in [2.05, 4.69) is 25.6 Å². The second-order valence-electron chi connectivity index (χ2n) is 10.8. The highest BCUT2D eigenvalue weighted by Crippen LogP contribution is 2.35. The molecular formula is C32H31FN6O4. The van der Waals surface area contributed by atoms with Crippen LogP contribution in [0.5, 0.6) is 0 Å². The quantitative estimate of drug-likeness (QED) is 0.203. The number of H-pyrrole nitrogens is 1. The van der Waals surface area contributed by atoms with Crippen molar-refractivity contribution in [2.45, 2.75) is 26.2 Å². The minimum absolute atomic E-state index is 0.0583. The number of carbonyl (C=O) groups is 1. The number of anilines is 1. The van der Waals surface area contributed by atoms with Crippen molar-refractivity contribution in [3.8, 4) is 22.6 Å². The molecular weight excluding hydrogens is 551 g/mol. The van der Waals surface area contributed by atoms with Gasteiger partial charge >= 0.3 is 0 Å². The zero-order chi connectivity index (χ0) is 29.6. The number of aromatic amines is 1. The van der Waals surface area contributed by atoms with Crippen LogP contribution in [-0.2, 0) is 27.2 Å². The van der Waals surface area contributed by atoms with Gasteiger partial charge in [0.25, 0.3) is 0 Å². The van der Waals surface area contributed by atoms with Crippen molar-refractivity contribution < 1.29 is 23.1 Å². The van der Waals surface area contributed by atoms with Crippen LogP contribution in [0.25, 0.3) is 22.6 Å². The number of halogens is 1. The number of rotatable bonds is 10. The largest absolute Gasteiger partial charge is 0.467 e. The highest BCUT2D eigenvalue weighted by Gasteiger charge is 2.35. The number of hydrogen-bond acceptors (Lipinski definition) is 8. The molecule has 1 fully saturated rings. The van der Waals surface area contributed by atoms with E-state index in [9.17, 15) is 9.18 Å². The highest BCUT2D eigenvalue weighted by molar-refractivity contribution is 5.78. The molecule has 4 heterocycles. The fourth-order valence-electron chi connectivity index (χ4n) is 4.73. The van der Waals surface area contributed by atoms with Gasteiger partial charge in [0, 0.05) is 23.7 Å². The Morgan fingerprint density at radius 3 is 2.56 bits per heavy atom. The molecule has 0 atom stereocenters. The average Bonchev–Trinajstić information content (AvgIpc) is 3.72. The topological polar surface area (TPSA) is 127 Å². The predicted molar refractivity (Wildman–Crippen MR) is 157 cm³/mol. The van der Waals surface area contributed by atoms with Crippen molar-refractivity contribution in [2.75, 3.05) is 25.1 Å². The number of imidazole rings is 1. The number of carbonyl (C=O) groups excluding carboxylic acids is 1. The smallest absolute Gasteiger partial charge is 0.224 e. The number of amides is 1. The molecule has 2 aromatic carbocycles. The first-order valence-electron chi connectivity index (χ1n) is 13.9. The van der Waals surface area contributed by atoms with Crippen molar-refractivity contribution in [1.29, 1.82) is 0 Å². The van der Waals surface area contributed by atoms with Crippen molar-refractivity contribution in [3.05, 3.63) is 108 Å². The molecule has 0 unspecified atom stereocenters. The lowest BCUT2D eigenvalue weighted by Gasteiger charge is -2.36. The van der Waals surface area contributed by atoms with Gasteiger partial charge in [0.05, 0.1) is 49.5 Å². The highest BCUT2D eigenvalue weighted by atomic mass is 19.1. The lowest BCUT2D eigenvalue weighted by molar-refractivity contribution is -0.232. The van der Waals surface area contributed by atoms with Crippen molar-refractivity contribution in [3.63, 3.8) is 0 Å². The first-order valence-corrected chi connectivity index (χ1v) is 13.9. The fourth-order valence-corrected chi connectivity index (χ4v) is 4.73. The number of benzene rings is 2. The third-order valence-corrected chi connectivity index (χ3v) is 7.06. The van der Waals surface area contributed by atoms with Gasteiger partial charge in [-0.05, 0) is 48.0 Å². The molecule has 43 heavy (non-hydrogen) atoms. The van der Waals surface area contributed by atoms with Crippen LogP contribution >= 0.6 is 0 Å². The van der Waals surface area contributed by atoms with Gasteiger partial charge in [-0.1, -0.05) is 37.3 Å². The summed E-state index contributed by atoms with van der Waals surface area (Å²) in [5.41, 5.74) is 3.00. The van der Waals surface area contributed by atoms with Crippen molar-refractivity contribution >= 4 is 11.9 Å². The third-order valence-electron chi connectivity index (χ3n) is 7.06. The summed E-state index contributed by atoms with van der Waals surface area (Å²) in [4.78, 5) is 29.6. The van der Waals surface area contributed by atoms with E-state index in [0.29, 0.717) is 67.1 Å². The van der Waals surface area contributed by atoms with Crippen molar-refractivity contribution in [2.24, 2.45) is 5.41 Å². The summed E-state index contributed by atoms with van der Waals surface area (Å²) in [7, 11) is 0. The molecule has 1 aliphatic heterocycles. The van der Waals surface area contributed by atoms with Gasteiger partial charge in [0.15, 0.2) is 5.82 Å². The number of aromatic nitrogens is 4. The first kappa shape index (κ1) is 28.3. The normalized spacial score (nSPS) is 18.3. The van der Waals surface area contributed by atoms with Gasteiger partial charge in [0.1, 0.15) is 11.6 Å². The molecule has 3 N–H and O–H groups in total. The Labute approximate surface area is 247 Å². The number of hydrogen-bond donors (Lipinski definition) is 3. The van der Waals surface area contributed by atoms with E-state index in [4.69, 9.17) is 18.9 Å². The monoisotopic (exact) mass is 582 g/mol. The Morgan fingerprint density at radius 2 is 1.81 bits per heavy atom. The number of nitrogens with zero attached hydrogens (tertiary/aromatic N) is 3. The molecule has 0 spiro atoms. The van der Waals surface area contributed by atoms with Crippen LogP contribution in [0.1, 0.15) is 30.4 Å². The van der Waals surface area contributed by atoms with Crippen LogP contribution in [0.3, 0.4) is 0 Å². The Balaban J connectivity index is 1.17. The van der Waals surface area contributed by atoms with Gasteiger partial charge in [-0.15, -0.1) is 0 Å². The number of ether oxygens (including phenoxy) is 2. The maximum Gasteiger partial charge on any atom is 0.224 e. The summed E-state index contributed by atoms with van der Waals surface area (Å²) in [6.45, 7) is 3.52. The Bertz CT molecular complexity index is 1650. The molecule has 0 bridgehead atoms. The second-order valence-corrected chi connectivity index (χ2v) is 10.8. The van der Waals surface area contributed by atoms with Crippen LogP contribution in [0.2, 0.25) is 0 Å². The standard InChI is InChI=1S/C32H31FN6O4/c1-32(18-36-26(40)16-21-6-3-2-4-7-21)19-42-30(43-20-32)29-38-27(22-9-11-23(33)12-10-22)28(39-29)25-13-14-34-31(37-25)35-17-24-8-5-15-41-24/h2-15,30H,16-20H2,1H3,(H,36,40)(H,38,39)(H,34,35,37). The van der Waals surface area contributed by atoms with Crippen LogP contribution in [-0.4, -0.2) is 45.6 Å². The maximum absolute atomic E-state index is 13.7. The Kier molecular flexibility index (Phi) is 8.25. The summed E-state index contributed by atoms with van der Waals surface area (Å²) < 4.78 is 31.3. The van der Waals surface area contributed by atoms with E-state index in [-0.39, 0.29) is 11.7 Å². The molecule has 11 heteroatoms. The van der Waals surface area contributed by atoms with Crippen LogP contribution in [0, 0.1) is 11.2 Å². The summed E-state index contributed by atoms with van der Waals surface area (Å²) in [6, 6.07) is 21.1. The molecule has 0 radical (unpaired) electrons. The van der Waals surface area contributed by atoms with E-state index < -0.39 is 11.7 Å². The van der Waals surface area contributed by atoms with E-state index in [1.54, 1.807) is 30.7 Å². The van der Waals surface area contributed by atoms with Gasteiger partial charge in [-0.25, -0.2) is 19.3 Å². The summed E-state index contributed by atoms with van der Waals surface area (Å²) in [5.74, 6) is 1.20.